The number of phenolic OH excluding ortho intramolecular Hbond substituents is 1. The van der Waals surface area contributed by atoms with Crippen molar-refractivity contribution in [2.75, 3.05) is 5.32 Å². The monoisotopic (exact) mass is 327 g/mol. The molecule has 0 radical (unpaired) electrons. The molecule has 0 aliphatic rings. The highest BCUT2D eigenvalue weighted by Crippen LogP contribution is 2.19. The van der Waals surface area contributed by atoms with Crippen molar-refractivity contribution < 1.29 is 5.11 Å². The standard InChI is InChI=1S/C18H21N3OS/c1-4-16(14-8-10-15(22)11-9-14)20-21-18(23)19-17-12(2)6-5-7-13(17)3/h5-11,22H,4H2,1-3H3,(H2,19,21,23)/b20-16+. The summed E-state index contributed by atoms with van der Waals surface area (Å²) in [4.78, 5) is 0. The van der Waals surface area contributed by atoms with Crippen LogP contribution in [0.3, 0.4) is 0 Å². The van der Waals surface area contributed by atoms with Gasteiger partial charge in [-0.1, -0.05) is 25.1 Å². The molecule has 0 bridgehead atoms. The highest BCUT2D eigenvalue weighted by molar-refractivity contribution is 7.80. The van der Waals surface area contributed by atoms with E-state index < -0.39 is 0 Å². The topological polar surface area (TPSA) is 56.7 Å². The van der Waals surface area contributed by atoms with E-state index in [2.05, 4.69) is 15.8 Å². The van der Waals surface area contributed by atoms with Gasteiger partial charge < -0.3 is 10.4 Å². The van der Waals surface area contributed by atoms with Gasteiger partial charge >= 0.3 is 0 Å². The Morgan fingerprint density at radius 2 is 1.70 bits per heavy atom. The summed E-state index contributed by atoms with van der Waals surface area (Å²) >= 11 is 5.32. The molecule has 23 heavy (non-hydrogen) atoms. The Balaban J connectivity index is 2.08. The number of rotatable bonds is 4. The quantitative estimate of drug-likeness (QED) is 0.449. The zero-order valence-corrected chi connectivity index (χ0v) is 14.4. The number of hydrogen-bond donors (Lipinski definition) is 3. The lowest BCUT2D eigenvalue weighted by atomic mass is 10.1. The number of hydrazone groups is 1. The lowest BCUT2D eigenvalue weighted by Crippen LogP contribution is -2.26. The van der Waals surface area contributed by atoms with E-state index in [4.69, 9.17) is 12.2 Å². The van der Waals surface area contributed by atoms with Crippen LogP contribution in [-0.2, 0) is 0 Å². The van der Waals surface area contributed by atoms with Gasteiger partial charge in [0.05, 0.1) is 5.71 Å². The van der Waals surface area contributed by atoms with Crippen LogP contribution < -0.4 is 10.7 Å². The van der Waals surface area contributed by atoms with Crippen molar-refractivity contribution in [2.24, 2.45) is 5.10 Å². The van der Waals surface area contributed by atoms with Crippen LogP contribution in [-0.4, -0.2) is 15.9 Å². The van der Waals surface area contributed by atoms with Gasteiger partial charge in [0.1, 0.15) is 5.75 Å². The first-order valence-corrected chi connectivity index (χ1v) is 7.91. The zero-order chi connectivity index (χ0) is 16.8. The number of benzene rings is 2. The van der Waals surface area contributed by atoms with Crippen molar-refractivity contribution >= 4 is 28.7 Å². The molecule has 120 valence electrons. The van der Waals surface area contributed by atoms with Crippen LogP contribution in [0.15, 0.2) is 47.6 Å². The summed E-state index contributed by atoms with van der Waals surface area (Å²) in [6.07, 6.45) is 0.754. The normalized spacial score (nSPS) is 11.2. The fraction of sp³-hybridized carbons (Fsp3) is 0.222. The Hall–Kier alpha value is -2.40. The minimum absolute atomic E-state index is 0.240. The van der Waals surface area contributed by atoms with E-state index >= 15 is 0 Å². The molecule has 0 heterocycles. The maximum atomic E-state index is 9.36. The number of para-hydroxylation sites is 1. The Morgan fingerprint density at radius 1 is 1.09 bits per heavy atom. The lowest BCUT2D eigenvalue weighted by Gasteiger charge is -2.13. The molecule has 2 aromatic carbocycles. The molecule has 0 amide bonds. The summed E-state index contributed by atoms with van der Waals surface area (Å²) in [7, 11) is 0. The number of phenols is 1. The first kappa shape index (κ1) is 17.0. The first-order valence-electron chi connectivity index (χ1n) is 7.50. The number of nitrogens with zero attached hydrogens (tertiary/aromatic N) is 1. The number of thiocarbonyl (C=S) groups is 1. The van der Waals surface area contributed by atoms with E-state index in [1.165, 1.54) is 0 Å². The molecule has 2 rings (SSSR count). The molecular formula is C18H21N3OS. The van der Waals surface area contributed by atoms with Gasteiger partial charge in [0.15, 0.2) is 5.11 Å². The van der Waals surface area contributed by atoms with E-state index in [0.29, 0.717) is 5.11 Å². The summed E-state index contributed by atoms with van der Waals surface area (Å²) in [6.45, 7) is 6.10. The molecule has 0 saturated heterocycles. The summed E-state index contributed by atoms with van der Waals surface area (Å²) in [5, 5.41) is 17.4. The van der Waals surface area contributed by atoms with Crippen molar-refractivity contribution in [3.05, 3.63) is 59.2 Å². The predicted octanol–water partition coefficient (Wildman–Crippen LogP) is 4.11. The molecule has 0 saturated carbocycles. The second-order valence-corrected chi connectivity index (χ2v) is 5.70. The highest BCUT2D eigenvalue weighted by Gasteiger charge is 2.05. The van der Waals surface area contributed by atoms with E-state index in [0.717, 1.165) is 34.5 Å². The van der Waals surface area contributed by atoms with Crippen LogP contribution in [0.2, 0.25) is 0 Å². The molecule has 0 atom stereocenters. The van der Waals surface area contributed by atoms with E-state index in [9.17, 15) is 5.11 Å². The fourth-order valence-electron chi connectivity index (χ4n) is 2.27. The number of hydrogen-bond acceptors (Lipinski definition) is 3. The zero-order valence-electron chi connectivity index (χ0n) is 13.6. The third kappa shape index (κ3) is 4.53. The second-order valence-electron chi connectivity index (χ2n) is 5.29. The van der Waals surface area contributed by atoms with Gasteiger partial charge in [-0.15, -0.1) is 0 Å². The van der Waals surface area contributed by atoms with Gasteiger partial charge in [-0.3, -0.25) is 5.43 Å². The average Bonchev–Trinajstić information content (AvgIpc) is 2.53. The maximum Gasteiger partial charge on any atom is 0.191 e. The van der Waals surface area contributed by atoms with Gasteiger partial charge in [0.25, 0.3) is 0 Å². The smallest absolute Gasteiger partial charge is 0.191 e. The summed E-state index contributed by atoms with van der Waals surface area (Å²) < 4.78 is 0. The van der Waals surface area contributed by atoms with E-state index in [-0.39, 0.29) is 5.75 Å². The van der Waals surface area contributed by atoms with Gasteiger partial charge in [-0.25, -0.2) is 0 Å². The van der Waals surface area contributed by atoms with E-state index in [1.54, 1.807) is 12.1 Å². The van der Waals surface area contributed by atoms with E-state index in [1.807, 2.05) is 51.1 Å². The van der Waals surface area contributed by atoms with Crippen LogP contribution in [0.25, 0.3) is 0 Å². The van der Waals surface area contributed by atoms with Crippen molar-refractivity contribution in [2.45, 2.75) is 27.2 Å². The van der Waals surface area contributed by atoms with Crippen LogP contribution in [0, 0.1) is 13.8 Å². The minimum atomic E-state index is 0.240. The Labute approximate surface area is 142 Å². The van der Waals surface area contributed by atoms with Crippen molar-refractivity contribution in [3.63, 3.8) is 0 Å². The molecule has 4 nitrogen and oxygen atoms in total. The summed E-state index contributed by atoms with van der Waals surface area (Å²) in [5.41, 5.74) is 7.98. The highest BCUT2D eigenvalue weighted by atomic mass is 32.1. The number of nitrogens with one attached hydrogen (secondary N) is 2. The van der Waals surface area contributed by atoms with Gasteiger partial charge in [-0.2, -0.15) is 5.10 Å². The molecule has 0 spiro atoms. The molecule has 3 N–H and O–H groups in total. The molecule has 0 fully saturated rings. The average molecular weight is 327 g/mol. The molecule has 0 aliphatic heterocycles. The Bertz CT molecular complexity index is 703. The number of aryl methyl sites for hydroxylation is 2. The molecule has 0 unspecified atom stereocenters. The van der Waals surface area contributed by atoms with Gasteiger partial charge in [0.2, 0.25) is 0 Å². The second kappa shape index (κ2) is 7.74. The largest absolute Gasteiger partial charge is 0.508 e. The summed E-state index contributed by atoms with van der Waals surface area (Å²) in [5.74, 6) is 0.240. The van der Waals surface area contributed by atoms with Gasteiger partial charge in [-0.05, 0) is 73.4 Å². The summed E-state index contributed by atoms with van der Waals surface area (Å²) in [6, 6.07) is 13.1. The maximum absolute atomic E-state index is 9.36. The van der Waals surface area contributed by atoms with Crippen LogP contribution in [0.4, 0.5) is 5.69 Å². The first-order chi connectivity index (χ1) is 11.0. The van der Waals surface area contributed by atoms with Crippen molar-refractivity contribution in [3.8, 4) is 5.75 Å². The Morgan fingerprint density at radius 3 is 2.26 bits per heavy atom. The fourth-order valence-corrected chi connectivity index (χ4v) is 2.42. The molecular weight excluding hydrogens is 306 g/mol. The molecule has 0 aromatic heterocycles. The molecule has 0 aliphatic carbocycles. The Kier molecular flexibility index (Phi) is 5.71. The predicted molar refractivity (Wildman–Crippen MR) is 100 cm³/mol. The lowest BCUT2D eigenvalue weighted by molar-refractivity contribution is 0.475. The number of aromatic hydroxyl groups is 1. The number of anilines is 1. The molecule has 2 aromatic rings. The van der Waals surface area contributed by atoms with Crippen molar-refractivity contribution in [1.29, 1.82) is 0 Å². The molecule has 5 heteroatoms. The van der Waals surface area contributed by atoms with Gasteiger partial charge in [0, 0.05) is 5.69 Å². The SMILES string of the molecule is CC/C(=N\NC(=S)Nc1c(C)cccc1C)c1ccc(O)cc1. The van der Waals surface area contributed by atoms with Crippen LogP contribution in [0.5, 0.6) is 5.75 Å². The third-order valence-corrected chi connectivity index (χ3v) is 3.74. The minimum Gasteiger partial charge on any atom is -0.508 e. The van der Waals surface area contributed by atoms with Crippen LogP contribution in [0.1, 0.15) is 30.0 Å². The third-order valence-electron chi connectivity index (χ3n) is 3.55. The van der Waals surface area contributed by atoms with Crippen molar-refractivity contribution in [1.82, 2.24) is 5.43 Å². The van der Waals surface area contributed by atoms with Crippen LogP contribution >= 0.6 is 12.2 Å².